The third-order valence-electron chi connectivity index (χ3n) is 4.86. The van der Waals surface area contributed by atoms with Gasteiger partial charge in [0.15, 0.2) is 0 Å². The van der Waals surface area contributed by atoms with Gasteiger partial charge in [-0.05, 0) is 24.0 Å². The van der Waals surface area contributed by atoms with Crippen LogP contribution in [0.2, 0.25) is 0 Å². The first-order valence-corrected chi connectivity index (χ1v) is 9.51. The van der Waals surface area contributed by atoms with Crippen molar-refractivity contribution in [2.75, 3.05) is 0 Å². The second-order valence-corrected chi connectivity index (χ2v) is 6.77. The summed E-state index contributed by atoms with van der Waals surface area (Å²) in [6.07, 6.45) is 1.21. The largest absolute Gasteiger partial charge is 0.478 e. The van der Waals surface area contributed by atoms with Crippen LogP contribution in [0.25, 0.3) is 22.4 Å². The molecule has 4 nitrogen and oxygen atoms in total. The molecule has 0 saturated heterocycles. The molecule has 3 aromatic carbocycles. The third kappa shape index (κ3) is 4.06. The Kier molecular flexibility index (Phi) is 5.43. The van der Waals surface area contributed by atoms with E-state index >= 15 is 0 Å². The number of aromatic carboxylic acids is 1. The van der Waals surface area contributed by atoms with Crippen molar-refractivity contribution in [2.45, 2.75) is 12.8 Å². The summed E-state index contributed by atoms with van der Waals surface area (Å²) in [5.41, 5.74) is 4.72. The lowest BCUT2D eigenvalue weighted by Crippen LogP contribution is -2.12. The van der Waals surface area contributed by atoms with E-state index in [0.29, 0.717) is 29.8 Å². The lowest BCUT2D eigenvalue weighted by atomic mass is 9.92. The van der Waals surface area contributed by atoms with Gasteiger partial charge in [0.05, 0.1) is 11.3 Å². The van der Waals surface area contributed by atoms with Gasteiger partial charge in [-0.3, -0.25) is 0 Å². The van der Waals surface area contributed by atoms with Crippen molar-refractivity contribution < 1.29 is 9.90 Å². The molecule has 0 spiro atoms. The molecule has 0 aliphatic carbocycles. The SMILES string of the molecule is O=C(O)c1c(CCc2ccccc2)nnc(-c2ccccc2)c1-c1ccccc1. The van der Waals surface area contributed by atoms with E-state index in [-0.39, 0.29) is 5.56 Å². The third-order valence-corrected chi connectivity index (χ3v) is 4.86. The zero-order valence-corrected chi connectivity index (χ0v) is 15.8. The molecule has 0 radical (unpaired) electrons. The first-order valence-electron chi connectivity index (χ1n) is 9.51. The van der Waals surface area contributed by atoms with Crippen molar-refractivity contribution in [3.8, 4) is 22.4 Å². The monoisotopic (exact) mass is 380 g/mol. The fraction of sp³-hybridized carbons (Fsp3) is 0.0800. The molecular formula is C25H20N2O2. The number of nitrogens with zero attached hydrogens (tertiary/aromatic N) is 2. The van der Waals surface area contributed by atoms with E-state index in [1.54, 1.807) is 0 Å². The van der Waals surface area contributed by atoms with Crippen molar-refractivity contribution in [1.82, 2.24) is 10.2 Å². The Morgan fingerprint density at radius 3 is 1.83 bits per heavy atom. The Hall–Kier alpha value is -3.79. The number of aryl methyl sites for hydroxylation is 2. The van der Waals surface area contributed by atoms with Gasteiger partial charge in [0, 0.05) is 11.1 Å². The predicted octanol–water partition coefficient (Wildman–Crippen LogP) is 5.29. The Morgan fingerprint density at radius 1 is 0.690 bits per heavy atom. The van der Waals surface area contributed by atoms with Crippen molar-refractivity contribution in [3.63, 3.8) is 0 Å². The molecule has 142 valence electrons. The zero-order chi connectivity index (χ0) is 20.1. The molecule has 29 heavy (non-hydrogen) atoms. The Bertz CT molecular complexity index is 1110. The molecule has 0 aliphatic rings. The van der Waals surface area contributed by atoms with E-state index in [2.05, 4.69) is 10.2 Å². The molecule has 4 heteroatoms. The number of benzene rings is 3. The number of hydrogen-bond donors (Lipinski definition) is 1. The van der Waals surface area contributed by atoms with E-state index in [0.717, 1.165) is 16.7 Å². The highest BCUT2D eigenvalue weighted by molar-refractivity contribution is 6.01. The van der Waals surface area contributed by atoms with Crippen molar-refractivity contribution in [3.05, 3.63) is 108 Å². The molecule has 0 atom stereocenters. The average Bonchev–Trinajstić information content (AvgIpc) is 2.79. The number of aromatic nitrogens is 2. The van der Waals surface area contributed by atoms with Crippen LogP contribution in [-0.2, 0) is 12.8 Å². The molecule has 0 amide bonds. The van der Waals surface area contributed by atoms with Gasteiger partial charge in [0.25, 0.3) is 0 Å². The van der Waals surface area contributed by atoms with Crippen LogP contribution >= 0.6 is 0 Å². The van der Waals surface area contributed by atoms with Gasteiger partial charge < -0.3 is 5.11 Å². The Labute approximate surface area is 169 Å². The molecule has 1 aromatic heterocycles. The fourth-order valence-electron chi connectivity index (χ4n) is 3.47. The quantitative estimate of drug-likeness (QED) is 0.493. The van der Waals surface area contributed by atoms with E-state index in [4.69, 9.17) is 0 Å². The molecule has 1 N–H and O–H groups in total. The van der Waals surface area contributed by atoms with E-state index in [1.807, 2.05) is 91.0 Å². The van der Waals surface area contributed by atoms with Crippen LogP contribution < -0.4 is 0 Å². The molecule has 0 bridgehead atoms. The minimum absolute atomic E-state index is 0.223. The van der Waals surface area contributed by atoms with Crippen LogP contribution in [0.15, 0.2) is 91.0 Å². The fourth-order valence-corrected chi connectivity index (χ4v) is 3.47. The number of rotatable bonds is 6. The second kappa shape index (κ2) is 8.48. The Morgan fingerprint density at radius 2 is 1.24 bits per heavy atom. The van der Waals surface area contributed by atoms with Gasteiger partial charge in [-0.1, -0.05) is 91.0 Å². The summed E-state index contributed by atoms with van der Waals surface area (Å²) in [6.45, 7) is 0. The van der Waals surface area contributed by atoms with Gasteiger partial charge in [-0.25, -0.2) is 4.79 Å². The molecule has 0 aliphatic heterocycles. The highest BCUT2D eigenvalue weighted by Gasteiger charge is 2.23. The van der Waals surface area contributed by atoms with Crippen LogP contribution in [0.1, 0.15) is 21.6 Å². The first-order chi connectivity index (χ1) is 14.2. The van der Waals surface area contributed by atoms with Gasteiger partial charge >= 0.3 is 5.97 Å². The summed E-state index contributed by atoms with van der Waals surface area (Å²) in [6, 6.07) is 29.1. The molecule has 0 unspecified atom stereocenters. The van der Waals surface area contributed by atoms with Gasteiger partial charge in [-0.2, -0.15) is 5.10 Å². The topological polar surface area (TPSA) is 63.1 Å². The van der Waals surface area contributed by atoms with Crippen molar-refractivity contribution in [1.29, 1.82) is 0 Å². The normalized spacial score (nSPS) is 10.6. The summed E-state index contributed by atoms with van der Waals surface area (Å²) < 4.78 is 0. The summed E-state index contributed by atoms with van der Waals surface area (Å²) in [5.74, 6) is -0.987. The minimum atomic E-state index is -0.987. The number of carboxylic acid groups (broad SMARTS) is 1. The minimum Gasteiger partial charge on any atom is -0.478 e. The van der Waals surface area contributed by atoms with Crippen LogP contribution in [0.4, 0.5) is 0 Å². The molecule has 0 fully saturated rings. The predicted molar refractivity (Wildman–Crippen MR) is 114 cm³/mol. The lowest BCUT2D eigenvalue weighted by molar-refractivity contribution is 0.0695. The highest BCUT2D eigenvalue weighted by Crippen LogP contribution is 2.34. The van der Waals surface area contributed by atoms with E-state index < -0.39 is 5.97 Å². The maximum atomic E-state index is 12.3. The first kappa shape index (κ1) is 18.6. The molecule has 0 saturated carbocycles. The van der Waals surface area contributed by atoms with Crippen molar-refractivity contribution >= 4 is 5.97 Å². The van der Waals surface area contributed by atoms with Gasteiger partial charge in [0.1, 0.15) is 5.69 Å². The number of hydrogen-bond acceptors (Lipinski definition) is 3. The maximum absolute atomic E-state index is 12.3. The Balaban J connectivity index is 1.87. The van der Waals surface area contributed by atoms with Crippen LogP contribution in [-0.4, -0.2) is 21.3 Å². The zero-order valence-electron chi connectivity index (χ0n) is 15.8. The lowest BCUT2D eigenvalue weighted by Gasteiger charge is -2.15. The second-order valence-electron chi connectivity index (χ2n) is 6.77. The molecular weight excluding hydrogens is 360 g/mol. The van der Waals surface area contributed by atoms with Crippen LogP contribution in [0.5, 0.6) is 0 Å². The van der Waals surface area contributed by atoms with Crippen molar-refractivity contribution in [2.24, 2.45) is 0 Å². The number of carboxylic acids is 1. The highest BCUT2D eigenvalue weighted by atomic mass is 16.4. The van der Waals surface area contributed by atoms with Crippen LogP contribution in [0, 0.1) is 0 Å². The standard InChI is InChI=1S/C25H20N2O2/c28-25(29)23-21(17-16-18-10-4-1-5-11-18)26-27-24(20-14-8-3-9-15-20)22(23)19-12-6-2-7-13-19/h1-15H,16-17H2,(H,28,29). The smallest absolute Gasteiger partial charge is 0.338 e. The van der Waals surface area contributed by atoms with E-state index in [1.165, 1.54) is 0 Å². The van der Waals surface area contributed by atoms with Crippen LogP contribution in [0.3, 0.4) is 0 Å². The van der Waals surface area contributed by atoms with E-state index in [9.17, 15) is 9.90 Å². The summed E-state index contributed by atoms with van der Waals surface area (Å²) in [4.78, 5) is 12.3. The van der Waals surface area contributed by atoms with Gasteiger partial charge in [-0.15, -0.1) is 5.10 Å². The summed E-state index contributed by atoms with van der Waals surface area (Å²) in [5, 5.41) is 18.9. The average molecular weight is 380 g/mol. The number of carbonyl (C=O) groups is 1. The molecule has 4 rings (SSSR count). The maximum Gasteiger partial charge on any atom is 0.338 e. The molecule has 1 heterocycles. The van der Waals surface area contributed by atoms with Gasteiger partial charge in [0.2, 0.25) is 0 Å². The summed E-state index contributed by atoms with van der Waals surface area (Å²) in [7, 11) is 0. The molecule has 4 aromatic rings. The summed E-state index contributed by atoms with van der Waals surface area (Å²) >= 11 is 0.